The Bertz CT molecular complexity index is 166. The maximum atomic E-state index is 5.60. The Morgan fingerprint density at radius 2 is 2.44 bits per heavy atom. The normalized spacial score (nSPS) is 34.3. The molecule has 1 heterocycles. The van der Waals surface area contributed by atoms with Crippen molar-refractivity contribution in [3.8, 4) is 0 Å². The molecule has 1 aliphatic heterocycles. The molecule has 0 aromatic carbocycles. The van der Waals surface area contributed by atoms with E-state index in [1.165, 1.54) is 0 Å². The SMILES string of the molecule is NC1N=CC(Cl)=CC1Br. The molecule has 2 atom stereocenters. The Hall–Kier alpha value is 0.140. The van der Waals surface area contributed by atoms with Crippen LogP contribution in [0.3, 0.4) is 0 Å². The maximum Gasteiger partial charge on any atom is 0.113 e. The molecule has 9 heavy (non-hydrogen) atoms. The second-order valence-electron chi connectivity index (χ2n) is 1.76. The number of hydrogen-bond acceptors (Lipinski definition) is 2. The average molecular weight is 209 g/mol. The van der Waals surface area contributed by atoms with Gasteiger partial charge in [0.25, 0.3) is 0 Å². The molecule has 50 valence electrons. The zero-order chi connectivity index (χ0) is 6.85. The predicted molar refractivity (Wildman–Crippen MR) is 43.1 cm³/mol. The molecule has 0 spiro atoms. The zero-order valence-electron chi connectivity index (χ0n) is 4.59. The van der Waals surface area contributed by atoms with E-state index in [2.05, 4.69) is 20.9 Å². The molecule has 0 saturated carbocycles. The van der Waals surface area contributed by atoms with Gasteiger partial charge >= 0.3 is 0 Å². The van der Waals surface area contributed by atoms with Crippen molar-refractivity contribution in [2.24, 2.45) is 10.7 Å². The van der Waals surface area contributed by atoms with Crippen molar-refractivity contribution in [2.75, 3.05) is 0 Å². The van der Waals surface area contributed by atoms with Gasteiger partial charge in [-0.3, -0.25) is 4.99 Å². The number of hydrogen-bond donors (Lipinski definition) is 1. The quantitative estimate of drug-likeness (QED) is 0.599. The van der Waals surface area contributed by atoms with Crippen molar-refractivity contribution in [3.63, 3.8) is 0 Å². The lowest BCUT2D eigenvalue weighted by Crippen LogP contribution is -2.29. The van der Waals surface area contributed by atoms with Crippen LogP contribution in [0.25, 0.3) is 0 Å². The van der Waals surface area contributed by atoms with Crippen molar-refractivity contribution < 1.29 is 0 Å². The first-order valence-electron chi connectivity index (χ1n) is 2.50. The summed E-state index contributed by atoms with van der Waals surface area (Å²) in [6, 6.07) is 0. The number of nitrogens with zero attached hydrogens (tertiary/aromatic N) is 1. The lowest BCUT2D eigenvalue weighted by molar-refractivity contribution is 0.740. The molecular formula is C5H6BrClN2. The van der Waals surface area contributed by atoms with Crippen molar-refractivity contribution >= 4 is 33.7 Å². The molecule has 0 fully saturated rings. The molecule has 1 aliphatic rings. The fourth-order valence-corrected chi connectivity index (χ4v) is 1.30. The van der Waals surface area contributed by atoms with Gasteiger partial charge in [-0.15, -0.1) is 0 Å². The highest BCUT2D eigenvalue weighted by atomic mass is 79.9. The molecule has 2 unspecified atom stereocenters. The van der Waals surface area contributed by atoms with Gasteiger partial charge in [-0.2, -0.15) is 0 Å². The van der Waals surface area contributed by atoms with Crippen molar-refractivity contribution in [1.82, 2.24) is 0 Å². The van der Waals surface area contributed by atoms with Gasteiger partial charge in [0.1, 0.15) is 6.17 Å². The lowest BCUT2D eigenvalue weighted by Gasteiger charge is -2.13. The molecule has 0 saturated heterocycles. The fourth-order valence-electron chi connectivity index (χ4n) is 0.533. The van der Waals surface area contributed by atoms with Crippen LogP contribution in [0.5, 0.6) is 0 Å². The summed E-state index contributed by atoms with van der Waals surface area (Å²) in [4.78, 5) is 3.98. The first-order valence-corrected chi connectivity index (χ1v) is 3.79. The molecule has 2 nitrogen and oxygen atoms in total. The summed E-state index contributed by atoms with van der Waals surface area (Å²) in [6.45, 7) is 0. The summed E-state index contributed by atoms with van der Waals surface area (Å²) < 4.78 is 0. The summed E-state index contributed by atoms with van der Waals surface area (Å²) >= 11 is 8.90. The van der Waals surface area contributed by atoms with Crippen LogP contribution in [-0.2, 0) is 0 Å². The molecule has 0 aromatic heterocycles. The molecule has 0 bridgehead atoms. The molecule has 1 rings (SSSR count). The predicted octanol–water partition coefficient (Wildman–Crippen LogP) is 1.24. The van der Waals surface area contributed by atoms with E-state index >= 15 is 0 Å². The largest absolute Gasteiger partial charge is 0.309 e. The van der Waals surface area contributed by atoms with E-state index < -0.39 is 0 Å². The Kier molecular flexibility index (Phi) is 2.27. The molecule has 0 aromatic rings. The molecule has 0 amide bonds. The van der Waals surface area contributed by atoms with Crippen LogP contribution in [0.2, 0.25) is 0 Å². The van der Waals surface area contributed by atoms with Crippen LogP contribution < -0.4 is 5.73 Å². The molecule has 0 radical (unpaired) electrons. The topological polar surface area (TPSA) is 38.4 Å². The highest BCUT2D eigenvalue weighted by Crippen LogP contribution is 2.15. The standard InChI is InChI=1S/C5H6BrClN2/c6-4-1-3(7)2-9-5(4)8/h1-2,4-5H,8H2. The number of alkyl halides is 1. The molecular weight excluding hydrogens is 203 g/mol. The minimum absolute atomic E-state index is 0.0787. The van der Waals surface area contributed by atoms with E-state index in [-0.39, 0.29) is 11.0 Å². The summed E-state index contributed by atoms with van der Waals surface area (Å²) in [7, 11) is 0. The van der Waals surface area contributed by atoms with Gasteiger partial charge in [-0.25, -0.2) is 0 Å². The number of rotatable bonds is 0. The third-order valence-corrected chi connectivity index (χ3v) is 2.04. The highest BCUT2D eigenvalue weighted by Gasteiger charge is 2.13. The van der Waals surface area contributed by atoms with Crippen molar-refractivity contribution in [2.45, 2.75) is 11.0 Å². The summed E-state index contributed by atoms with van der Waals surface area (Å²) in [5.74, 6) is 0. The average Bonchev–Trinajstić information content (AvgIpc) is 1.80. The van der Waals surface area contributed by atoms with Crippen LogP contribution in [0.15, 0.2) is 16.1 Å². The van der Waals surface area contributed by atoms with E-state index in [1.54, 1.807) is 6.21 Å². The van der Waals surface area contributed by atoms with E-state index in [1.807, 2.05) is 6.08 Å². The first kappa shape index (κ1) is 7.25. The Balaban J connectivity index is 2.70. The van der Waals surface area contributed by atoms with E-state index in [9.17, 15) is 0 Å². The summed E-state index contributed by atoms with van der Waals surface area (Å²) in [6.07, 6.45) is 3.19. The number of aliphatic imine (C=N–C) groups is 1. The minimum atomic E-state index is -0.188. The Labute approximate surface area is 66.9 Å². The number of dihydropyridines is 1. The second kappa shape index (κ2) is 2.82. The van der Waals surface area contributed by atoms with Gasteiger partial charge in [-0.1, -0.05) is 27.5 Å². The van der Waals surface area contributed by atoms with Crippen LogP contribution in [0, 0.1) is 0 Å². The van der Waals surface area contributed by atoms with Gasteiger partial charge < -0.3 is 5.73 Å². The van der Waals surface area contributed by atoms with Gasteiger partial charge in [0.15, 0.2) is 0 Å². The first-order chi connectivity index (χ1) is 4.20. The second-order valence-corrected chi connectivity index (χ2v) is 3.26. The van der Waals surface area contributed by atoms with Gasteiger partial charge in [-0.05, 0) is 6.08 Å². The van der Waals surface area contributed by atoms with E-state index in [0.29, 0.717) is 5.03 Å². The van der Waals surface area contributed by atoms with E-state index in [4.69, 9.17) is 17.3 Å². The minimum Gasteiger partial charge on any atom is -0.309 e. The number of nitrogens with two attached hydrogens (primary N) is 1. The van der Waals surface area contributed by atoms with Crippen molar-refractivity contribution in [1.29, 1.82) is 0 Å². The van der Waals surface area contributed by atoms with Gasteiger partial charge in [0.05, 0.1) is 9.86 Å². The smallest absolute Gasteiger partial charge is 0.113 e. The van der Waals surface area contributed by atoms with Crippen LogP contribution >= 0.6 is 27.5 Å². The lowest BCUT2D eigenvalue weighted by atomic mass is 10.3. The monoisotopic (exact) mass is 208 g/mol. The maximum absolute atomic E-state index is 5.60. The number of allylic oxidation sites excluding steroid dienone is 1. The summed E-state index contributed by atoms with van der Waals surface area (Å²) in [5.41, 5.74) is 5.49. The highest BCUT2D eigenvalue weighted by molar-refractivity contribution is 9.09. The van der Waals surface area contributed by atoms with Gasteiger partial charge in [0, 0.05) is 6.21 Å². The van der Waals surface area contributed by atoms with Crippen LogP contribution in [0.4, 0.5) is 0 Å². The molecule has 0 aliphatic carbocycles. The third-order valence-electron chi connectivity index (χ3n) is 1.01. The molecule has 4 heteroatoms. The van der Waals surface area contributed by atoms with E-state index in [0.717, 1.165) is 0 Å². The number of halogens is 2. The van der Waals surface area contributed by atoms with Gasteiger partial charge in [0.2, 0.25) is 0 Å². The fraction of sp³-hybridized carbons (Fsp3) is 0.400. The Morgan fingerprint density at radius 1 is 1.78 bits per heavy atom. The third kappa shape index (κ3) is 1.78. The zero-order valence-corrected chi connectivity index (χ0v) is 6.93. The molecule has 2 N–H and O–H groups in total. The Morgan fingerprint density at radius 3 is 2.89 bits per heavy atom. The van der Waals surface area contributed by atoms with Crippen LogP contribution in [0.1, 0.15) is 0 Å². The van der Waals surface area contributed by atoms with Crippen molar-refractivity contribution in [3.05, 3.63) is 11.1 Å². The van der Waals surface area contributed by atoms with Crippen LogP contribution in [-0.4, -0.2) is 17.2 Å². The summed E-state index contributed by atoms with van der Waals surface area (Å²) in [5, 5.41) is 0.638.